The molecular formula is C25H27N5O4S. The molecule has 0 spiro atoms. The van der Waals surface area contributed by atoms with Crippen LogP contribution in [0, 0.1) is 0 Å². The number of rotatable bonds is 7. The van der Waals surface area contributed by atoms with Crippen LogP contribution in [-0.4, -0.2) is 53.4 Å². The average molecular weight is 494 g/mol. The molecule has 35 heavy (non-hydrogen) atoms. The summed E-state index contributed by atoms with van der Waals surface area (Å²) in [6, 6.07) is 15.7. The number of aromatic nitrogens is 2. The van der Waals surface area contributed by atoms with Crippen molar-refractivity contribution in [3.8, 4) is 5.69 Å². The van der Waals surface area contributed by atoms with Gasteiger partial charge in [0.15, 0.2) is 0 Å². The molecule has 2 N–H and O–H groups in total. The lowest BCUT2D eigenvalue weighted by atomic mass is 10.1. The highest BCUT2D eigenvalue weighted by atomic mass is 32.2. The highest BCUT2D eigenvalue weighted by Crippen LogP contribution is 2.22. The number of amides is 2. The van der Waals surface area contributed by atoms with Crippen molar-refractivity contribution >= 4 is 33.6 Å². The van der Waals surface area contributed by atoms with Crippen molar-refractivity contribution in [3.05, 3.63) is 78.6 Å². The van der Waals surface area contributed by atoms with Gasteiger partial charge in [0.2, 0.25) is 21.8 Å². The van der Waals surface area contributed by atoms with Crippen LogP contribution in [0.15, 0.2) is 78.0 Å². The molecule has 1 aliphatic heterocycles. The molecule has 3 aromatic rings. The Bertz CT molecular complexity index is 1310. The van der Waals surface area contributed by atoms with Crippen molar-refractivity contribution in [2.45, 2.75) is 30.7 Å². The van der Waals surface area contributed by atoms with Crippen LogP contribution in [0.2, 0.25) is 0 Å². The monoisotopic (exact) mass is 493 g/mol. The van der Waals surface area contributed by atoms with E-state index < -0.39 is 10.0 Å². The van der Waals surface area contributed by atoms with Gasteiger partial charge >= 0.3 is 0 Å². The van der Waals surface area contributed by atoms with Gasteiger partial charge in [-0.05, 0) is 55.3 Å². The van der Waals surface area contributed by atoms with Crippen molar-refractivity contribution in [1.29, 1.82) is 0 Å². The van der Waals surface area contributed by atoms with E-state index in [4.69, 9.17) is 0 Å². The van der Waals surface area contributed by atoms with Crippen LogP contribution in [0.1, 0.15) is 25.3 Å². The Labute approximate surface area is 204 Å². The summed E-state index contributed by atoms with van der Waals surface area (Å²) >= 11 is 0. The van der Waals surface area contributed by atoms with Gasteiger partial charge in [0.1, 0.15) is 0 Å². The first-order chi connectivity index (χ1) is 16.8. The minimum atomic E-state index is -3.64. The first kappa shape index (κ1) is 24.4. The van der Waals surface area contributed by atoms with E-state index in [0.29, 0.717) is 31.6 Å². The van der Waals surface area contributed by atoms with E-state index in [-0.39, 0.29) is 22.8 Å². The molecule has 9 nitrogen and oxygen atoms in total. The van der Waals surface area contributed by atoms with Crippen LogP contribution in [0.4, 0.5) is 5.69 Å². The third-order valence-corrected chi connectivity index (χ3v) is 7.58. The lowest BCUT2D eigenvalue weighted by Gasteiger charge is -2.31. The van der Waals surface area contributed by atoms with Crippen molar-refractivity contribution in [3.63, 3.8) is 0 Å². The number of para-hydroxylation sites is 1. The Balaban J connectivity index is 1.28. The Kier molecular flexibility index (Phi) is 7.42. The fraction of sp³-hybridized carbons (Fsp3) is 0.240. The zero-order valence-corrected chi connectivity index (χ0v) is 20.1. The molecule has 4 rings (SSSR count). The molecule has 0 aliphatic carbocycles. The van der Waals surface area contributed by atoms with E-state index in [1.807, 2.05) is 36.5 Å². The van der Waals surface area contributed by atoms with Gasteiger partial charge in [0.05, 0.1) is 16.8 Å². The summed E-state index contributed by atoms with van der Waals surface area (Å²) in [5.41, 5.74) is 2.27. The molecule has 0 atom stereocenters. The highest BCUT2D eigenvalue weighted by Gasteiger charge is 2.29. The second-order valence-corrected chi connectivity index (χ2v) is 10.2. The van der Waals surface area contributed by atoms with Crippen molar-refractivity contribution in [1.82, 2.24) is 19.4 Å². The molecule has 0 bridgehead atoms. The van der Waals surface area contributed by atoms with E-state index in [9.17, 15) is 18.0 Å². The maximum absolute atomic E-state index is 12.9. The molecule has 0 unspecified atom stereocenters. The Morgan fingerprint density at radius 2 is 1.71 bits per heavy atom. The molecule has 0 radical (unpaired) electrons. The van der Waals surface area contributed by atoms with Gasteiger partial charge in [0.25, 0.3) is 0 Å². The van der Waals surface area contributed by atoms with Gasteiger partial charge in [-0.1, -0.05) is 18.2 Å². The predicted octanol–water partition coefficient (Wildman–Crippen LogP) is 2.81. The summed E-state index contributed by atoms with van der Waals surface area (Å²) in [7, 11) is -3.64. The van der Waals surface area contributed by atoms with Gasteiger partial charge in [0, 0.05) is 49.6 Å². The molecule has 1 saturated heterocycles. The molecule has 2 amide bonds. The number of hydrogen-bond donors (Lipinski definition) is 2. The third-order valence-electron chi connectivity index (χ3n) is 5.66. The minimum Gasteiger partial charge on any atom is -0.350 e. The van der Waals surface area contributed by atoms with Crippen molar-refractivity contribution < 1.29 is 18.0 Å². The summed E-state index contributed by atoms with van der Waals surface area (Å²) in [5.74, 6) is -0.450. The number of nitrogens with zero attached hydrogens (tertiary/aromatic N) is 3. The number of benzene rings is 2. The van der Waals surface area contributed by atoms with Gasteiger partial charge in [-0.2, -0.15) is 9.40 Å². The van der Waals surface area contributed by atoms with Crippen LogP contribution in [0.3, 0.4) is 0 Å². The zero-order valence-electron chi connectivity index (χ0n) is 19.3. The number of carbonyl (C=O) groups excluding carboxylic acids is 2. The second-order valence-electron chi connectivity index (χ2n) is 8.28. The van der Waals surface area contributed by atoms with Crippen molar-refractivity contribution in [2.24, 2.45) is 0 Å². The third kappa shape index (κ3) is 6.23. The van der Waals surface area contributed by atoms with Gasteiger partial charge in [-0.15, -0.1) is 0 Å². The standard InChI is InChI=1S/C25H27N5O4S/c1-19(31)27-21-8-10-24(11-9-21)35(33,34)29-15-13-22(14-16-29)28-25(32)12-7-20-17-26-30(18-20)23-5-3-2-4-6-23/h2-12,17-18,22H,13-16H2,1H3,(H,27,31)(H,28,32)/b12-7+. The molecule has 2 aromatic carbocycles. The predicted molar refractivity (Wildman–Crippen MR) is 133 cm³/mol. The summed E-state index contributed by atoms with van der Waals surface area (Å²) in [5, 5.41) is 9.88. The SMILES string of the molecule is CC(=O)Nc1ccc(S(=O)(=O)N2CCC(NC(=O)/C=C/c3cnn(-c4ccccc4)c3)CC2)cc1. The fourth-order valence-electron chi connectivity index (χ4n) is 3.87. The van der Waals surface area contributed by atoms with Gasteiger partial charge < -0.3 is 10.6 Å². The average Bonchev–Trinajstić information content (AvgIpc) is 3.33. The molecule has 1 fully saturated rings. The second kappa shape index (κ2) is 10.7. The topological polar surface area (TPSA) is 113 Å². The van der Waals surface area contributed by atoms with Crippen LogP contribution >= 0.6 is 0 Å². The van der Waals surface area contributed by atoms with E-state index in [0.717, 1.165) is 11.3 Å². The number of anilines is 1. The number of carbonyl (C=O) groups is 2. The minimum absolute atomic E-state index is 0.104. The van der Waals surface area contributed by atoms with E-state index in [2.05, 4.69) is 15.7 Å². The number of nitrogens with one attached hydrogen (secondary N) is 2. The molecule has 0 saturated carbocycles. The van der Waals surface area contributed by atoms with Crippen LogP contribution in [0.5, 0.6) is 0 Å². The summed E-state index contributed by atoms with van der Waals surface area (Å²) in [6.07, 6.45) is 7.73. The quantitative estimate of drug-likeness (QED) is 0.492. The lowest BCUT2D eigenvalue weighted by Crippen LogP contribution is -2.46. The summed E-state index contributed by atoms with van der Waals surface area (Å²) in [4.78, 5) is 23.7. The smallest absolute Gasteiger partial charge is 0.244 e. The number of piperidine rings is 1. The van der Waals surface area contributed by atoms with Crippen LogP contribution in [-0.2, 0) is 19.6 Å². The fourth-order valence-corrected chi connectivity index (χ4v) is 5.34. The molecule has 1 aromatic heterocycles. The molecule has 2 heterocycles. The molecule has 1 aliphatic rings. The first-order valence-electron chi connectivity index (χ1n) is 11.3. The Morgan fingerprint density at radius 1 is 1.03 bits per heavy atom. The van der Waals surface area contributed by atoms with Crippen LogP contribution < -0.4 is 10.6 Å². The maximum Gasteiger partial charge on any atom is 0.244 e. The zero-order chi connectivity index (χ0) is 24.8. The maximum atomic E-state index is 12.9. The van der Waals surface area contributed by atoms with E-state index in [1.165, 1.54) is 29.4 Å². The first-order valence-corrected chi connectivity index (χ1v) is 12.7. The van der Waals surface area contributed by atoms with E-state index in [1.54, 1.807) is 29.1 Å². The normalized spacial score (nSPS) is 15.2. The Morgan fingerprint density at radius 3 is 2.37 bits per heavy atom. The van der Waals surface area contributed by atoms with E-state index >= 15 is 0 Å². The molecular weight excluding hydrogens is 466 g/mol. The number of sulfonamides is 1. The largest absolute Gasteiger partial charge is 0.350 e. The van der Waals surface area contributed by atoms with Gasteiger partial charge in [-0.3, -0.25) is 9.59 Å². The van der Waals surface area contributed by atoms with Gasteiger partial charge in [-0.25, -0.2) is 13.1 Å². The lowest BCUT2D eigenvalue weighted by molar-refractivity contribution is -0.117. The molecule has 182 valence electrons. The highest BCUT2D eigenvalue weighted by molar-refractivity contribution is 7.89. The number of hydrogen-bond acceptors (Lipinski definition) is 5. The van der Waals surface area contributed by atoms with Crippen LogP contribution in [0.25, 0.3) is 11.8 Å². The van der Waals surface area contributed by atoms with Crippen molar-refractivity contribution in [2.75, 3.05) is 18.4 Å². The summed E-state index contributed by atoms with van der Waals surface area (Å²) in [6.45, 7) is 2.02. The molecule has 10 heteroatoms. The Hall–Kier alpha value is -3.76. The summed E-state index contributed by atoms with van der Waals surface area (Å²) < 4.78 is 29.1.